The first-order valence-corrected chi connectivity index (χ1v) is 9.09. The summed E-state index contributed by atoms with van der Waals surface area (Å²) in [6.07, 6.45) is 2.68. The van der Waals surface area contributed by atoms with Crippen molar-refractivity contribution in [3.8, 4) is 5.82 Å². The Morgan fingerprint density at radius 2 is 2.04 bits per heavy atom. The molecule has 2 aromatic heterocycles. The molecule has 7 nitrogen and oxygen atoms in total. The summed E-state index contributed by atoms with van der Waals surface area (Å²) in [5, 5.41) is 5.89. The third-order valence-electron chi connectivity index (χ3n) is 3.51. The van der Waals surface area contributed by atoms with E-state index in [1.54, 1.807) is 16.9 Å². The molecular weight excluding hydrogens is 316 g/mol. The second kappa shape index (κ2) is 6.49. The number of nitrogens with one attached hydrogen (secondary N) is 1. The Hall–Kier alpha value is -2.22. The number of sulfone groups is 1. The van der Waals surface area contributed by atoms with Crippen LogP contribution in [0.5, 0.6) is 0 Å². The molecule has 23 heavy (non-hydrogen) atoms. The molecule has 0 fully saturated rings. The first kappa shape index (κ1) is 17.1. The highest BCUT2D eigenvalue weighted by Gasteiger charge is 2.22. The maximum Gasteiger partial charge on any atom is 0.238 e. The van der Waals surface area contributed by atoms with E-state index in [-0.39, 0.29) is 6.54 Å². The van der Waals surface area contributed by atoms with E-state index >= 15 is 0 Å². The number of amides is 1. The zero-order chi connectivity index (χ0) is 17.2. The van der Waals surface area contributed by atoms with E-state index in [1.807, 2.05) is 26.0 Å². The van der Waals surface area contributed by atoms with Crippen molar-refractivity contribution >= 4 is 15.7 Å². The van der Waals surface area contributed by atoms with Gasteiger partial charge in [-0.2, -0.15) is 5.10 Å². The van der Waals surface area contributed by atoms with Crippen molar-refractivity contribution in [3.05, 3.63) is 41.3 Å². The van der Waals surface area contributed by atoms with Crippen molar-refractivity contribution in [1.29, 1.82) is 0 Å². The highest BCUT2D eigenvalue weighted by molar-refractivity contribution is 7.92. The summed E-state index contributed by atoms with van der Waals surface area (Å²) in [6.45, 7) is 5.46. The third kappa shape index (κ3) is 4.16. The van der Waals surface area contributed by atoms with E-state index < -0.39 is 21.0 Å². The molecule has 1 N–H and O–H groups in total. The first-order chi connectivity index (χ1) is 10.7. The topological polar surface area (TPSA) is 94.0 Å². The molecule has 0 saturated heterocycles. The molecule has 0 bridgehead atoms. The lowest BCUT2D eigenvalue weighted by atomic mass is 10.2. The summed E-state index contributed by atoms with van der Waals surface area (Å²) in [6, 6.07) is 5.59. The Balaban J connectivity index is 2.04. The number of hydrogen-bond acceptors (Lipinski definition) is 5. The highest BCUT2D eigenvalue weighted by Crippen LogP contribution is 2.10. The standard InChI is InChI=1S/C15H20N4O3S/c1-10-7-11(2)19(18-10)14-6-5-13(8-16-14)9-17-15(20)12(3)23(4,21)22/h5-8,12H,9H2,1-4H3,(H,17,20)/t12-/m0/s1. The zero-order valence-corrected chi connectivity index (χ0v) is 14.4. The number of carbonyl (C=O) groups is 1. The Morgan fingerprint density at radius 3 is 2.52 bits per heavy atom. The van der Waals surface area contributed by atoms with Gasteiger partial charge in [0.05, 0.1) is 5.69 Å². The zero-order valence-electron chi connectivity index (χ0n) is 13.6. The molecule has 124 valence electrons. The van der Waals surface area contributed by atoms with E-state index in [0.29, 0.717) is 5.82 Å². The van der Waals surface area contributed by atoms with Crippen LogP contribution in [0.1, 0.15) is 23.9 Å². The van der Waals surface area contributed by atoms with Crippen LogP contribution in [0.2, 0.25) is 0 Å². The lowest BCUT2D eigenvalue weighted by Crippen LogP contribution is -2.37. The van der Waals surface area contributed by atoms with Crippen LogP contribution in [0.3, 0.4) is 0 Å². The summed E-state index contributed by atoms with van der Waals surface area (Å²) in [5.41, 5.74) is 2.68. The van der Waals surface area contributed by atoms with E-state index in [4.69, 9.17) is 0 Å². The fraction of sp³-hybridized carbons (Fsp3) is 0.400. The molecule has 0 aliphatic carbocycles. The molecule has 0 aliphatic heterocycles. The molecule has 1 atom stereocenters. The van der Waals surface area contributed by atoms with Gasteiger partial charge in [0.2, 0.25) is 5.91 Å². The second-order valence-corrected chi connectivity index (χ2v) is 7.92. The quantitative estimate of drug-likeness (QED) is 0.877. The molecule has 0 spiro atoms. The molecule has 0 aromatic carbocycles. The summed E-state index contributed by atoms with van der Waals surface area (Å²) in [7, 11) is -3.39. The predicted octanol–water partition coefficient (Wildman–Crippen LogP) is 0.933. The molecule has 0 saturated carbocycles. The minimum atomic E-state index is -3.39. The first-order valence-electron chi connectivity index (χ1n) is 7.13. The molecule has 2 aromatic rings. The number of aryl methyl sites for hydroxylation is 2. The Bertz CT molecular complexity index is 810. The van der Waals surface area contributed by atoms with Gasteiger partial charge in [-0.1, -0.05) is 6.07 Å². The van der Waals surface area contributed by atoms with Gasteiger partial charge in [0.15, 0.2) is 15.7 Å². The molecule has 8 heteroatoms. The number of nitrogens with zero attached hydrogens (tertiary/aromatic N) is 3. The maximum atomic E-state index is 11.8. The van der Waals surface area contributed by atoms with Crippen molar-refractivity contribution in [2.24, 2.45) is 0 Å². The van der Waals surface area contributed by atoms with Gasteiger partial charge in [-0.05, 0) is 38.5 Å². The summed E-state index contributed by atoms with van der Waals surface area (Å²) >= 11 is 0. The van der Waals surface area contributed by atoms with Crippen LogP contribution in [0.15, 0.2) is 24.4 Å². The predicted molar refractivity (Wildman–Crippen MR) is 87.0 cm³/mol. The Labute approximate surface area is 135 Å². The minimum absolute atomic E-state index is 0.225. The van der Waals surface area contributed by atoms with Crippen molar-refractivity contribution in [1.82, 2.24) is 20.1 Å². The van der Waals surface area contributed by atoms with Crippen LogP contribution in [0.25, 0.3) is 5.82 Å². The van der Waals surface area contributed by atoms with Crippen molar-refractivity contribution < 1.29 is 13.2 Å². The lowest BCUT2D eigenvalue weighted by Gasteiger charge is -2.10. The molecule has 0 aliphatic rings. The number of carbonyl (C=O) groups excluding carboxylic acids is 1. The highest BCUT2D eigenvalue weighted by atomic mass is 32.2. The van der Waals surface area contributed by atoms with Crippen LogP contribution >= 0.6 is 0 Å². The minimum Gasteiger partial charge on any atom is -0.351 e. The van der Waals surface area contributed by atoms with Gasteiger partial charge in [0.25, 0.3) is 0 Å². The maximum absolute atomic E-state index is 11.8. The Morgan fingerprint density at radius 1 is 1.35 bits per heavy atom. The SMILES string of the molecule is Cc1cc(C)n(-c2ccc(CNC(=O)[C@H](C)S(C)(=O)=O)cn2)n1. The fourth-order valence-electron chi connectivity index (χ4n) is 2.03. The van der Waals surface area contributed by atoms with Crippen molar-refractivity contribution in [2.45, 2.75) is 32.6 Å². The fourth-order valence-corrected chi connectivity index (χ4v) is 2.51. The average Bonchev–Trinajstić information content (AvgIpc) is 2.82. The molecule has 1 amide bonds. The largest absolute Gasteiger partial charge is 0.351 e. The number of hydrogen-bond donors (Lipinski definition) is 1. The number of rotatable bonds is 5. The van der Waals surface area contributed by atoms with Crippen LogP contribution in [0.4, 0.5) is 0 Å². The van der Waals surface area contributed by atoms with Crippen molar-refractivity contribution in [2.75, 3.05) is 6.26 Å². The average molecular weight is 336 g/mol. The molecule has 2 rings (SSSR count). The van der Waals surface area contributed by atoms with Gasteiger partial charge in [-0.25, -0.2) is 18.1 Å². The van der Waals surface area contributed by atoms with Gasteiger partial charge in [-0.3, -0.25) is 4.79 Å². The van der Waals surface area contributed by atoms with E-state index in [9.17, 15) is 13.2 Å². The summed E-state index contributed by atoms with van der Waals surface area (Å²) < 4.78 is 24.4. The van der Waals surface area contributed by atoms with Crippen molar-refractivity contribution in [3.63, 3.8) is 0 Å². The third-order valence-corrected chi connectivity index (χ3v) is 5.01. The monoisotopic (exact) mass is 336 g/mol. The van der Waals surface area contributed by atoms with Crippen LogP contribution in [-0.2, 0) is 21.2 Å². The number of pyridine rings is 1. The van der Waals surface area contributed by atoms with E-state index in [2.05, 4.69) is 15.4 Å². The van der Waals surface area contributed by atoms with Gasteiger partial charge in [-0.15, -0.1) is 0 Å². The summed E-state index contributed by atoms with van der Waals surface area (Å²) in [5.74, 6) is 0.172. The smallest absolute Gasteiger partial charge is 0.238 e. The number of aromatic nitrogens is 3. The van der Waals surface area contributed by atoms with E-state index in [0.717, 1.165) is 23.2 Å². The molecular formula is C15H20N4O3S. The lowest BCUT2D eigenvalue weighted by molar-refractivity contribution is -0.120. The van der Waals surface area contributed by atoms with Gasteiger partial charge >= 0.3 is 0 Å². The van der Waals surface area contributed by atoms with Gasteiger partial charge in [0.1, 0.15) is 5.25 Å². The molecule has 0 unspecified atom stereocenters. The second-order valence-electron chi connectivity index (χ2n) is 5.55. The normalized spacial score (nSPS) is 12.9. The van der Waals surface area contributed by atoms with Crippen LogP contribution in [0, 0.1) is 13.8 Å². The van der Waals surface area contributed by atoms with Crippen LogP contribution in [-0.4, -0.2) is 40.6 Å². The van der Waals surface area contributed by atoms with E-state index in [1.165, 1.54) is 6.92 Å². The summed E-state index contributed by atoms with van der Waals surface area (Å²) in [4.78, 5) is 16.1. The molecule has 2 heterocycles. The van der Waals surface area contributed by atoms with Crippen LogP contribution < -0.4 is 5.32 Å². The molecule has 0 radical (unpaired) electrons. The van der Waals surface area contributed by atoms with Gasteiger partial charge < -0.3 is 5.32 Å². The Kier molecular flexibility index (Phi) is 4.84. The van der Waals surface area contributed by atoms with Gasteiger partial charge in [0, 0.05) is 24.7 Å².